The minimum Gasteiger partial charge on any atom is -0.488 e. The number of para-hydroxylation sites is 1. The summed E-state index contributed by atoms with van der Waals surface area (Å²) in [6.45, 7) is 6.38. The molecule has 3 atom stereocenters. The summed E-state index contributed by atoms with van der Waals surface area (Å²) in [6, 6.07) is 16.6. The number of amides is 2. The molecule has 6 heteroatoms. The Morgan fingerprint density at radius 2 is 1.81 bits per heavy atom. The van der Waals surface area contributed by atoms with Crippen LogP contribution in [0.25, 0.3) is 0 Å². The Balaban J connectivity index is 1.09. The van der Waals surface area contributed by atoms with Gasteiger partial charge in [-0.25, -0.2) is 0 Å². The first kappa shape index (κ1) is 23.3. The van der Waals surface area contributed by atoms with E-state index in [1.807, 2.05) is 36.4 Å². The molecule has 4 aliphatic rings. The average molecular weight is 486 g/mol. The number of allylic oxidation sites excluding steroid dienone is 1. The van der Waals surface area contributed by atoms with E-state index in [1.165, 1.54) is 31.2 Å². The molecule has 188 valence electrons. The molecule has 2 saturated heterocycles. The average Bonchev–Trinajstić information content (AvgIpc) is 3.18. The second kappa shape index (κ2) is 9.74. The summed E-state index contributed by atoms with van der Waals surface area (Å²) in [5.41, 5.74) is 3.85. The van der Waals surface area contributed by atoms with E-state index in [0.29, 0.717) is 24.9 Å². The van der Waals surface area contributed by atoms with Gasteiger partial charge in [-0.3, -0.25) is 14.5 Å². The standard InChI is InChI=1S/C30H35N3O3/c1-20-11-14-28(29(34)31-20)33-17-23-16-21(12-13-26(23)30(33)35)15-22-7-5-6-10-27(22)32-18-25(19-32)36-24-8-3-2-4-9-24/h2-4,8-9,12-13,16,22,25,27-28H,1,5-7,10-11,14-15,17-19H2,(H,31,34)/t22-,27+,28?/m1/s1. The molecule has 2 amide bonds. The van der Waals surface area contributed by atoms with E-state index in [2.05, 4.69) is 28.9 Å². The fourth-order valence-electron chi connectivity index (χ4n) is 6.55. The predicted molar refractivity (Wildman–Crippen MR) is 139 cm³/mol. The molecule has 1 unspecified atom stereocenters. The number of nitrogens with one attached hydrogen (secondary N) is 1. The van der Waals surface area contributed by atoms with Gasteiger partial charge in [0.25, 0.3) is 5.91 Å². The summed E-state index contributed by atoms with van der Waals surface area (Å²) in [5.74, 6) is 1.45. The molecule has 3 fully saturated rings. The van der Waals surface area contributed by atoms with Crippen molar-refractivity contribution < 1.29 is 14.3 Å². The van der Waals surface area contributed by atoms with Crippen LogP contribution in [0.3, 0.4) is 0 Å². The molecule has 2 aromatic carbocycles. The quantitative estimate of drug-likeness (QED) is 0.663. The van der Waals surface area contributed by atoms with Gasteiger partial charge < -0.3 is 15.0 Å². The Labute approximate surface area is 213 Å². The molecule has 0 aromatic heterocycles. The molecule has 0 spiro atoms. The first-order valence-electron chi connectivity index (χ1n) is 13.4. The SMILES string of the molecule is C=C1CCC(N2Cc3cc(C[C@H]4CCCC[C@@H]4N4CC(Oc5ccccc5)C4)ccc3C2=O)C(=O)N1. The van der Waals surface area contributed by atoms with Gasteiger partial charge in [-0.1, -0.05) is 49.8 Å². The first-order chi connectivity index (χ1) is 17.5. The van der Waals surface area contributed by atoms with Crippen molar-refractivity contribution in [3.05, 3.63) is 77.5 Å². The lowest BCUT2D eigenvalue weighted by molar-refractivity contribution is -0.126. The molecule has 1 saturated carbocycles. The zero-order valence-corrected chi connectivity index (χ0v) is 20.8. The Kier molecular flexibility index (Phi) is 6.30. The fourth-order valence-corrected chi connectivity index (χ4v) is 6.55. The van der Waals surface area contributed by atoms with E-state index in [4.69, 9.17) is 4.74 Å². The highest BCUT2D eigenvalue weighted by Crippen LogP contribution is 2.36. The van der Waals surface area contributed by atoms with Crippen molar-refractivity contribution in [3.63, 3.8) is 0 Å². The van der Waals surface area contributed by atoms with Crippen molar-refractivity contribution in [1.82, 2.24) is 15.1 Å². The molecular weight excluding hydrogens is 450 g/mol. The monoisotopic (exact) mass is 485 g/mol. The third-order valence-electron chi connectivity index (χ3n) is 8.46. The molecule has 6 rings (SSSR count). The summed E-state index contributed by atoms with van der Waals surface area (Å²) in [7, 11) is 0. The van der Waals surface area contributed by atoms with Gasteiger partial charge in [0.15, 0.2) is 0 Å². The normalized spacial score (nSPS) is 26.9. The third kappa shape index (κ3) is 4.55. The predicted octanol–water partition coefficient (Wildman–Crippen LogP) is 4.30. The minimum absolute atomic E-state index is 0.0233. The number of carbonyl (C=O) groups excluding carboxylic acids is 2. The molecule has 1 N–H and O–H groups in total. The lowest BCUT2D eigenvalue weighted by Crippen LogP contribution is -2.60. The number of nitrogens with zero attached hydrogens (tertiary/aromatic N) is 2. The maximum Gasteiger partial charge on any atom is 0.255 e. The van der Waals surface area contributed by atoms with Crippen molar-refractivity contribution in [2.24, 2.45) is 5.92 Å². The van der Waals surface area contributed by atoms with Crippen LogP contribution in [0, 0.1) is 5.92 Å². The Morgan fingerprint density at radius 1 is 1.00 bits per heavy atom. The largest absolute Gasteiger partial charge is 0.488 e. The number of benzene rings is 2. The van der Waals surface area contributed by atoms with Crippen LogP contribution < -0.4 is 10.1 Å². The van der Waals surface area contributed by atoms with E-state index in [9.17, 15) is 9.59 Å². The molecule has 0 radical (unpaired) electrons. The summed E-state index contributed by atoms with van der Waals surface area (Å²) < 4.78 is 6.15. The molecule has 1 aliphatic carbocycles. The van der Waals surface area contributed by atoms with Crippen LogP contribution in [0.2, 0.25) is 0 Å². The lowest BCUT2D eigenvalue weighted by atomic mass is 9.78. The van der Waals surface area contributed by atoms with Gasteiger partial charge in [0.05, 0.1) is 0 Å². The fraction of sp³-hybridized carbons (Fsp3) is 0.467. The Bertz CT molecular complexity index is 1160. The van der Waals surface area contributed by atoms with E-state index < -0.39 is 6.04 Å². The molecule has 36 heavy (non-hydrogen) atoms. The summed E-state index contributed by atoms with van der Waals surface area (Å²) in [5, 5.41) is 2.82. The van der Waals surface area contributed by atoms with Crippen LogP contribution in [0.1, 0.15) is 60.0 Å². The van der Waals surface area contributed by atoms with E-state index in [1.54, 1.807) is 4.90 Å². The van der Waals surface area contributed by atoms with Gasteiger partial charge in [0.2, 0.25) is 5.91 Å². The zero-order valence-electron chi connectivity index (χ0n) is 20.8. The summed E-state index contributed by atoms with van der Waals surface area (Å²) >= 11 is 0. The minimum atomic E-state index is -0.404. The van der Waals surface area contributed by atoms with Gasteiger partial charge in [0.1, 0.15) is 17.9 Å². The number of fused-ring (bicyclic) bond motifs is 1. The van der Waals surface area contributed by atoms with Crippen molar-refractivity contribution >= 4 is 11.8 Å². The van der Waals surface area contributed by atoms with Crippen molar-refractivity contribution in [2.75, 3.05) is 13.1 Å². The van der Waals surface area contributed by atoms with Crippen LogP contribution in [-0.4, -0.2) is 52.9 Å². The smallest absolute Gasteiger partial charge is 0.255 e. The van der Waals surface area contributed by atoms with E-state index in [-0.39, 0.29) is 17.9 Å². The molecule has 6 nitrogen and oxygen atoms in total. The Morgan fingerprint density at radius 3 is 2.61 bits per heavy atom. The Hall–Kier alpha value is -3.12. The summed E-state index contributed by atoms with van der Waals surface area (Å²) in [4.78, 5) is 29.9. The number of ether oxygens (including phenoxy) is 1. The number of hydrogen-bond acceptors (Lipinski definition) is 4. The molecular formula is C30H35N3O3. The van der Waals surface area contributed by atoms with Gasteiger partial charge in [-0.2, -0.15) is 0 Å². The molecule has 0 bridgehead atoms. The highest BCUT2D eigenvalue weighted by molar-refractivity contribution is 6.01. The maximum absolute atomic E-state index is 13.1. The topological polar surface area (TPSA) is 61.9 Å². The highest BCUT2D eigenvalue weighted by atomic mass is 16.5. The summed E-state index contributed by atoms with van der Waals surface area (Å²) in [6.07, 6.45) is 7.77. The lowest BCUT2D eigenvalue weighted by Gasteiger charge is -2.48. The van der Waals surface area contributed by atoms with Crippen LogP contribution >= 0.6 is 0 Å². The van der Waals surface area contributed by atoms with Crippen LogP contribution in [0.15, 0.2) is 60.8 Å². The maximum atomic E-state index is 13.1. The van der Waals surface area contributed by atoms with Crippen molar-refractivity contribution in [2.45, 2.75) is 69.7 Å². The van der Waals surface area contributed by atoms with Gasteiger partial charge in [-0.05, 0) is 67.3 Å². The van der Waals surface area contributed by atoms with Crippen molar-refractivity contribution in [3.8, 4) is 5.75 Å². The van der Waals surface area contributed by atoms with Gasteiger partial charge in [-0.15, -0.1) is 0 Å². The van der Waals surface area contributed by atoms with Crippen molar-refractivity contribution in [1.29, 1.82) is 0 Å². The van der Waals surface area contributed by atoms with Gasteiger partial charge in [0, 0.05) is 36.9 Å². The molecule has 2 aromatic rings. The van der Waals surface area contributed by atoms with Crippen LogP contribution in [0.4, 0.5) is 0 Å². The number of rotatable bonds is 6. The molecule has 3 heterocycles. The van der Waals surface area contributed by atoms with Crippen LogP contribution in [0.5, 0.6) is 5.75 Å². The van der Waals surface area contributed by atoms with Gasteiger partial charge >= 0.3 is 0 Å². The third-order valence-corrected chi connectivity index (χ3v) is 8.46. The second-order valence-corrected chi connectivity index (χ2v) is 10.9. The van der Waals surface area contributed by atoms with E-state index >= 15 is 0 Å². The highest BCUT2D eigenvalue weighted by Gasteiger charge is 2.40. The molecule has 3 aliphatic heterocycles. The second-order valence-electron chi connectivity index (χ2n) is 10.9. The first-order valence-corrected chi connectivity index (χ1v) is 13.4. The zero-order chi connectivity index (χ0) is 24.6. The number of piperidine rings is 1. The van der Waals surface area contributed by atoms with E-state index in [0.717, 1.165) is 48.5 Å². The number of carbonyl (C=O) groups is 2. The van der Waals surface area contributed by atoms with Crippen LogP contribution in [-0.2, 0) is 17.8 Å². The number of likely N-dealkylation sites (tertiary alicyclic amines) is 1. The number of hydrogen-bond donors (Lipinski definition) is 1.